The summed E-state index contributed by atoms with van der Waals surface area (Å²) in [4.78, 5) is 11.1. The lowest BCUT2D eigenvalue weighted by Gasteiger charge is -2.06. The van der Waals surface area contributed by atoms with Crippen LogP contribution in [0.4, 0.5) is 4.39 Å². The zero-order chi connectivity index (χ0) is 13.0. The number of carbonyl (C=O) groups excluding carboxylic acids is 1. The molecule has 0 radical (unpaired) electrons. The number of hydrogen-bond donors (Lipinski definition) is 0. The van der Waals surface area contributed by atoms with Crippen LogP contribution in [0.2, 0.25) is 0 Å². The highest BCUT2D eigenvalue weighted by molar-refractivity contribution is 7.07. The summed E-state index contributed by atoms with van der Waals surface area (Å²) in [5.74, 6) is -0.361. The van der Waals surface area contributed by atoms with E-state index in [4.69, 9.17) is 4.74 Å². The first-order valence-electron chi connectivity index (χ1n) is 5.61. The molecule has 0 saturated carbocycles. The Morgan fingerprint density at radius 1 is 1.39 bits per heavy atom. The van der Waals surface area contributed by atoms with Gasteiger partial charge in [-0.25, -0.2) is 4.39 Å². The van der Waals surface area contributed by atoms with Crippen molar-refractivity contribution in [3.8, 4) is 5.75 Å². The van der Waals surface area contributed by atoms with Gasteiger partial charge in [0.05, 0.1) is 12.2 Å². The molecule has 94 valence electrons. The molecule has 1 heterocycles. The van der Waals surface area contributed by atoms with E-state index in [1.165, 1.54) is 24.6 Å². The van der Waals surface area contributed by atoms with Crippen molar-refractivity contribution in [1.29, 1.82) is 0 Å². The van der Waals surface area contributed by atoms with Crippen LogP contribution in [-0.4, -0.2) is 12.4 Å². The molecule has 18 heavy (non-hydrogen) atoms. The maximum absolute atomic E-state index is 13.5. The van der Waals surface area contributed by atoms with Gasteiger partial charge in [0.25, 0.3) is 0 Å². The van der Waals surface area contributed by atoms with E-state index in [9.17, 15) is 9.18 Å². The lowest BCUT2D eigenvalue weighted by atomic mass is 10.1. The van der Waals surface area contributed by atoms with Crippen LogP contribution >= 0.6 is 11.3 Å². The Hall–Kier alpha value is -1.68. The number of benzene rings is 1. The zero-order valence-electron chi connectivity index (χ0n) is 9.98. The van der Waals surface area contributed by atoms with Crippen LogP contribution in [0.3, 0.4) is 0 Å². The highest BCUT2D eigenvalue weighted by Crippen LogP contribution is 2.17. The quantitative estimate of drug-likeness (QED) is 0.769. The molecule has 0 aliphatic carbocycles. The Labute approximate surface area is 109 Å². The third kappa shape index (κ3) is 3.17. The Morgan fingerprint density at radius 3 is 2.83 bits per heavy atom. The second-order valence-electron chi connectivity index (χ2n) is 3.93. The average molecular weight is 264 g/mol. The number of thiophene rings is 1. The van der Waals surface area contributed by atoms with Crippen molar-refractivity contribution in [2.75, 3.05) is 6.61 Å². The van der Waals surface area contributed by atoms with Crippen molar-refractivity contribution in [2.45, 2.75) is 13.3 Å². The van der Waals surface area contributed by atoms with Crippen LogP contribution in [0.25, 0.3) is 0 Å². The molecule has 2 nitrogen and oxygen atoms in total. The first-order valence-corrected chi connectivity index (χ1v) is 6.55. The van der Waals surface area contributed by atoms with Crippen LogP contribution in [-0.2, 0) is 6.42 Å². The SMILES string of the molecule is CC(=O)c1ccc(OCCc2ccsc2)cc1F. The molecule has 0 saturated heterocycles. The molecule has 0 bridgehead atoms. The van der Waals surface area contributed by atoms with Gasteiger partial charge in [0, 0.05) is 12.5 Å². The van der Waals surface area contributed by atoms with Gasteiger partial charge in [-0.3, -0.25) is 4.79 Å². The van der Waals surface area contributed by atoms with Crippen molar-refractivity contribution in [2.24, 2.45) is 0 Å². The molecule has 0 atom stereocenters. The summed E-state index contributed by atoms with van der Waals surface area (Å²) in [6.07, 6.45) is 0.791. The van der Waals surface area contributed by atoms with E-state index >= 15 is 0 Å². The fourth-order valence-electron chi connectivity index (χ4n) is 1.59. The molecular weight excluding hydrogens is 251 g/mol. The first-order chi connectivity index (χ1) is 8.66. The van der Waals surface area contributed by atoms with Crippen molar-refractivity contribution in [1.82, 2.24) is 0 Å². The number of rotatable bonds is 5. The first kappa shape index (κ1) is 12.8. The summed E-state index contributed by atoms with van der Waals surface area (Å²) in [5.41, 5.74) is 1.31. The number of hydrogen-bond acceptors (Lipinski definition) is 3. The summed E-state index contributed by atoms with van der Waals surface area (Å²) in [5, 5.41) is 4.07. The van der Waals surface area contributed by atoms with Gasteiger partial charge in [0.15, 0.2) is 5.78 Å². The Balaban J connectivity index is 1.94. The van der Waals surface area contributed by atoms with Gasteiger partial charge in [-0.1, -0.05) is 0 Å². The van der Waals surface area contributed by atoms with Crippen LogP contribution in [0, 0.1) is 5.82 Å². The number of Topliss-reactive ketones (excluding diaryl/α,β-unsaturated/α-hetero) is 1. The van der Waals surface area contributed by atoms with Gasteiger partial charge in [0.1, 0.15) is 11.6 Å². The summed E-state index contributed by atoms with van der Waals surface area (Å²) >= 11 is 1.64. The average Bonchev–Trinajstić information content (AvgIpc) is 2.81. The third-order valence-electron chi connectivity index (χ3n) is 2.56. The van der Waals surface area contributed by atoms with Gasteiger partial charge in [-0.15, -0.1) is 0 Å². The van der Waals surface area contributed by atoms with E-state index in [2.05, 4.69) is 5.38 Å². The standard InChI is InChI=1S/C14H13FO2S/c1-10(16)13-3-2-12(8-14(13)15)17-6-4-11-5-7-18-9-11/h2-3,5,7-9H,4,6H2,1H3. The molecule has 1 aromatic heterocycles. The fraction of sp³-hybridized carbons (Fsp3) is 0.214. The van der Waals surface area contributed by atoms with E-state index in [1.807, 2.05) is 11.4 Å². The monoisotopic (exact) mass is 264 g/mol. The van der Waals surface area contributed by atoms with Gasteiger partial charge in [-0.05, 0) is 41.4 Å². The van der Waals surface area contributed by atoms with Crippen molar-refractivity contribution in [3.63, 3.8) is 0 Å². The number of halogens is 1. The molecule has 0 amide bonds. The van der Waals surface area contributed by atoms with Gasteiger partial charge in [-0.2, -0.15) is 11.3 Å². The topological polar surface area (TPSA) is 26.3 Å². The van der Waals surface area contributed by atoms with E-state index < -0.39 is 5.82 Å². The minimum absolute atomic E-state index is 0.0974. The van der Waals surface area contributed by atoms with Crippen LogP contribution in [0.15, 0.2) is 35.0 Å². The molecule has 0 aliphatic rings. The predicted molar refractivity (Wildman–Crippen MR) is 69.9 cm³/mol. The normalized spacial score (nSPS) is 10.3. The Kier molecular flexibility index (Phi) is 4.10. The third-order valence-corrected chi connectivity index (χ3v) is 3.29. The summed E-state index contributed by atoms with van der Waals surface area (Å²) in [7, 11) is 0. The molecule has 0 unspecified atom stereocenters. The van der Waals surface area contributed by atoms with Crippen molar-refractivity contribution < 1.29 is 13.9 Å². The molecule has 2 rings (SSSR count). The lowest BCUT2D eigenvalue weighted by Crippen LogP contribution is -2.02. The maximum atomic E-state index is 13.5. The minimum atomic E-state index is -0.532. The fourth-order valence-corrected chi connectivity index (χ4v) is 2.30. The highest BCUT2D eigenvalue weighted by Gasteiger charge is 2.08. The summed E-state index contributed by atoms with van der Waals surface area (Å²) in [6, 6.07) is 6.36. The van der Waals surface area contributed by atoms with Gasteiger partial charge in [0.2, 0.25) is 0 Å². The number of ether oxygens (including phenoxy) is 1. The highest BCUT2D eigenvalue weighted by atomic mass is 32.1. The largest absolute Gasteiger partial charge is 0.493 e. The van der Waals surface area contributed by atoms with Gasteiger partial charge < -0.3 is 4.74 Å². The Bertz CT molecular complexity index is 535. The molecule has 0 N–H and O–H groups in total. The van der Waals surface area contributed by atoms with Crippen molar-refractivity contribution in [3.05, 3.63) is 52.0 Å². The number of carbonyl (C=O) groups is 1. The van der Waals surface area contributed by atoms with E-state index in [0.29, 0.717) is 12.4 Å². The van der Waals surface area contributed by atoms with E-state index in [-0.39, 0.29) is 11.3 Å². The maximum Gasteiger partial charge on any atom is 0.162 e. The zero-order valence-corrected chi connectivity index (χ0v) is 10.8. The summed E-state index contributed by atoms with van der Waals surface area (Å²) < 4.78 is 19.0. The number of ketones is 1. The molecule has 4 heteroatoms. The second kappa shape index (κ2) is 5.78. The van der Waals surface area contributed by atoms with Crippen LogP contribution in [0.1, 0.15) is 22.8 Å². The minimum Gasteiger partial charge on any atom is -0.493 e. The molecule has 2 aromatic rings. The van der Waals surface area contributed by atoms with E-state index in [1.54, 1.807) is 17.4 Å². The summed E-state index contributed by atoms with van der Waals surface area (Å²) in [6.45, 7) is 1.84. The van der Waals surface area contributed by atoms with Crippen LogP contribution < -0.4 is 4.74 Å². The van der Waals surface area contributed by atoms with Gasteiger partial charge >= 0.3 is 0 Å². The smallest absolute Gasteiger partial charge is 0.162 e. The molecular formula is C14H13FO2S. The lowest BCUT2D eigenvalue weighted by molar-refractivity contribution is 0.101. The molecule has 0 spiro atoms. The Morgan fingerprint density at radius 2 is 2.22 bits per heavy atom. The van der Waals surface area contributed by atoms with Crippen LogP contribution in [0.5, 0.6) is 5.75 Å². The molecule has 0 aliphatic heterocycles. The molecule has 0 fully saturated rings. The predicted octanol–water partition coefficient (Wildman–Crippen LogP) is 3.71. The van der Waals surface area contributed by atoms with Crippen molar-refractivity contribution >= 4 is 17.1 Å². The molecule has 1 aromatic carbocycles. The second-order valence-corrected chi connectivity index (χ2v) is 4.71. The van der Waals surface area contributed by atoms with E-state index in [0.717, 1.165) is 6.42 Å².